The quantitative estimate of drug-likeness (QED) is 0.523. The van der Waals surface area contributed by atoms with Crippen molar-refractivity contribution < 1.29 is 19.1 Å². The van der Waals surface area contributed by atoms with Crippen LogP contribution in [0.4, 0.5) is 10.1 Å². The summed E-state index contributed by atoms with van der Waals surface area (Å²) in [7, 11) is 0. The Morgan fingerprint density at radius 3 is 2.36 bits per heavy atom. The molecule has 0 bridgehead atoms. The summed E-state index contributed by atoms with van der Waals surface area (Å²) < 4.78 is 14.7. The number of carboxylic acid groups (broad SMARTS) is 1. The van der Waals surface area contributed by atoms with E-state index in [1.165, 1.54) is 42.5 Å². The number of amides is 1. The Morgan fingerprint density at radius 1 is 1.07 bits per heavy atom. The number of nitriles is 1. The number of carbonyl (C=O) groups is 2. The molecule has 0 aliphatic rings. The normalized spacial score (nSPS) is 10.9. The lowest BCUT2D eigenvalue weighted by Gasteiger charge is -2.08. The maximum atomic E-state index is 13.0. The number of hydrogen-bond donors (Lipinski definition) is 2. The molecule has 0 atom stereocenters. The molecule has 0 aliphatic carbocycles. The van der Waals surface area contributed by atoms with Gasteiger partial charge in [-0.15, -0.1) is 0 Å². The Bertz CT molecular complexity index is 1090. The van der Waals surface area contributed by atoms with E-state index in [1.807, 2.05) is 6.07 Å². The lowest BCUT2D eigenvalue weighted by molar-refractivity contribution is -0.112. The zero-order valence-corrected chi connectivity index (χ0v) is 14.5. The maximum Gasteiger partial charge on any atom is 0.335 e. The van der Waals surface area contributed by atoms with E-state index in [4.69, 9.17) is 5.11 Å². The molecular weight excluding hydrogens is 361 g/mol. The van der Waals surface area contributed by atoms with Crippen LogP contribution in [0.2, 0.25) is 0 Å². The average molecular weight is 375 g/mol. The zero-order valence-electron chi connectivity index (χ0n) is 14.5. The summed E-state index contributed by atoms with van der Waals surface area (Å²) in [6.07, 6.45) is 3.15. The molecule has 2 aromatic carbocycles. The summed E-state index contributed by atoms with van der Waals surface area (Å²) in [6, 6.07) is 16.7. The monoisotopic (exact) mass is 375 g/mol. The number of nitrogens with zero attached hydrogens (tertiary/aromatic N) is 2. The van der Waals surface area contributed by atoms with Gasteiger partial charge in [-0.3, -0.25) is 4.79 Å². The van der Waals surface area contributed by atoms with E-state index in [0.717, 1.165) is 0 Å². The predicted molar refractivity (Wildman–Crippen MR) is 101 cm³/mol. The van der Waals surface area contributed by atoms with Crippen molar-refractivity contribution >= 4 is 23.6 Å². The van der Waals surface area contributed by atoms with Crippen LogP contribution in [0.3, 0.4) is 0 Å². The van der Waals surface area contributed by atoms with Crippen molar-refractivity contribution in [3.05, 3.63) is 89.5 Å². The first kappa shape index (κ1) is 18.6. The fourth-order valence-electron chi connectivity index (χ4n) is 2.54. The summed E-state index contributed by atoms with van der Waals surface area (Å²) in [4.78, 5) is 23.3. The van der Waals surface area contributed by atoms with Gasteiger partial charge in [0.05, 0.1) is 5.56 Å². The Balaban J connectivity index is 1.86. The van der Waals surface area contributed by atoms with Crippen LogP contribution in [0.5, 0.6) is 0 Å². The Hall–Kier alpha value is -4.18. The van der Waals surface area contributed by atoms with Crippen molar-refractivity contribution in [2.24, 2.45) is 0 Å². The summed E-state index contributed by atoms with van der Waals surface area (Å²) in [6.45, 7) is 0. The van der Waals surface area contributed by atoms with Gasteiger partial charge in [-0.2, -0.15) is 5.26 Å². The molecule has 0 saturated carbocycles. The summed E-state index contributed by atoms with van der Waals surface area (Å²) >= 11 is 0. The van der Waals surface area contributed by atoms with Crippen molar-refractivity contribution in [1.29, 1.82) is 5.26 Å². The summed E-state index contributed by atoms with van der Waals surface area (Å²) in [5.41, 5.74) is 1.63. The highest BCUT2D eigenvalue weighted by Gasteiger charge is 2.12. The average Bonchev–Trinajstić information content (AvgIpc) is 3.16. The number of benzene rings is 2. The minimum Gasteiger partial charge on any atom is -0.478 e. The predicted octanol–water partition coefficient (Wildman–Crippen LogP) is 3.86. The van der Waals surface area contributed by atoms with Gasteiger partial charge in [-0.05, 0) is 66.7 Å². The van der Waals surface area contributed by atoms with E-state index in [-0.39, 0.29) is 11.1 Å². The SMILES string of the molecule is N#CC(=Cc1cccn1-c1ccc(C(=O)O)cc1)C(=O)Nc1ccc(F)cc1. The first-order valence-electron chi connectivity index (χ1n) is 8.18. The molecule has 0 spiro atoms. The number of aromatic nitrogens is 1. The van der Waals surface area contributed by atoms with Crippen LogP contribution >= 0.6 is 0 Å². The number of hydrogen-bond acceptors (Lipinski definition) is 3. The highest BCUT2D eigenvalue weighted by Crippen LogP contribution is 2.17. The Labute approximate surface area is 159 Å². The van der Waals surface area contributed by atoms with E-state index in [9.17, 15) is 19.2 Å². The zero-order chi connectivity index (χ0) is 20.1. The van der Waals surface area contributed by atoms with Crippen LogP contribution in [0.1, 0.15) is 16.1 Å². The standard InChI is InChI=1S/C21H14FN3O3/c22-16-5-7-17(8-6-16)24-20(26)15(13-23)12-19-2-1-11-25(19)18-9-3-14(4-10-18)21(27)28/h1-12H,(H,24,26)(H,27,28). The third-order valence-corrected chi connectivity index (χ3v) is 3.93. The summed E-state index contributed by atoms with van der Waals surface area (Å²) in [5.74, 6) is -2.08. The van der Waals surface area contributed by atoms with Gasteiger partial charge in [0.25, 0.3) is 5.91 Å². The van der Waals surface area contributed by atoms with E-state index in [1.54, 1.807) is 35.0 Å². The number of anilines is 1. The highest BCUT2D eigenvalue weighted by atomic mass is 19.1. The molecule has 1 heterocycles. The van der Waals surface area contributed by atoms with Gasteiger partial charge in [0.1, 0.15) is 17.5 Å². The van der Waals surface area contributed by atoms with E-state index < -0.39 is 17.7 Å². The molecular formula is C21H14FN3O3. The second-order valence-electron chi connectivity index (χ2n) is 5.79. The molecule has 0 aliphatic heterocycles. The number of halogens is 1. The highest BCUT2D eigenvalue weighted by molar-refractivity contribution is 6.09. The third kappa shape index (κ3) is 4.14. The lowest BCUT2D eigenvalue weighted by atomic mass is 10.2. The molecule has 0 saturated heterocycles. The molecule has 28 heavy (non-hydrogen) atoms. The van der Waals surface area contributed by atoms with Gasteiger partial charge in [0.2, 0.25) is 0 Å². The van der Waals surface area contributed by atoms with Crippen molar-refractivity contribution in [3.8, 4) is 11.8 Å². The Morgan fingerprint density at radius 2 is 1.75 bits per heavy atom. The number of carbonyl (C=O) groups excluding carboxylic acids is 1. The van der Waals surface area contributed by atoms with Crippen molar-refractivity contribution in [1.82, 2.24) is 4.57 Å². The van der Waals surface area contributed by atoms with Gasteiger partial charge in [-0.1, -0.05) is 0 Å². The molecule has 6 nitrogen and oxygen atoms in total. The largest absolute Gasteiger partial charge is 0.478 e. The van der Waals surface area contributed by atoms with Crippen LogP contribution in [-0.4, -0.2) is 21.6 Å². The molecule has 0 fully saturated rings. The second kappa shape index (κ2) is 8.01. The molecule has 138 valence electrons. The number of rotatable bonds is 5. The van der Waals surface area contributed by atoms with Gasteiger partial charge < -0.3 is 15.0 Å². The fourth-order valence-corrected chi connectivity index (χ4v) is 2.54. The maximum absolute atomic E-state index is 13.0. The van der Waals surface area contributed by atoms with Gasteiger partial charge in [0.15, 0.2) is 0 Å². The minimum atomic E-state index is -1.02. The lowest BCUT2D eigenvalue weighted by Crippen LogP contribution is -2.13. The van der Waals surface area contributed by atoms with Crippen LogP contribution in [0, 0.1) is 17.1 Å². The fraction of sp³-hybridized carbons (Fsp3) is 0. The van der Waals surface area contributed by atoms with Crippen LogP contribution in [0.25, 0.3) is 11.8 Å². The van der Waals surface area contributed by atoms with Crippen LogP contribution < -0.4 is 5.32 Å². The van der Waals surface area contributed by atoms with Gasteiger partial charge >= 0.3 is 5.97 Å². The molecule has 3 aromatic rings. The van der Waals surface area contributed by atoms with Crippen molar-refractivity contribution in [2.45, 2.75) is 0 Å². The third-order valence-electron chi connectivity index (χ3n) is 3.93. The molecule has 1 amide bonds. The van der Waals surface area contributed by atoms with Crippen molar-refractivity contribution in [2.75, 3.05) is 5.32 Å². The number of aromatic carboxylic acids is 1. The number of nitrogens with one attached hydrogen (secondary N) is 1. The molecule has 3 rings (SSSR count). The first-order chi connectivity index (χ1) is 13.5. The molecule has 0 radical (unpaired) electrons. The first-order valence-corrected chi connectivity index (χ1v) is 8.18. The van der Waals surface area contributed by atoms with E-state index in [0.29, 0.717) is 17.1 Å². The van der Waals surface area contributed by atoms with Gasteiger partial charge in [0, 0.05) is 23.3 Å². The Kier molecular flexibility index (Phi) is 5.33. The number of carboxylic acids is 1. The molecule has 0 unspecified atom stereocenters. The topological polar surface area (TPSA) is 95.1 Å². The molecule has 1 aromatic heterocycles. The van der Waals surface area contributed by atoms with E-state index in [2.05, 4.69) is 5.32 Å². The van der Waals surface area contributed by atoms with E-state index >= 15 is 0 Å². The van der Waals surface area contributed by atoms with Gasteiger partial charge in [-0.25, -0.2) is 9.18 Å². The smallest absolute Gasteiger partial charge is 0.335 e. The minimum absolute atomic E-state index is 0.133. The van der Waals surface area contributed by atoms with Crippen molar-refractivity contribution in [3.63, 3.8) is 0 Å². The molecule has 7 heteroatoms. The van der Waals surface area contributed by atoms with Crippen LogP contribution in [-0.2, 0) is 4.79 Å². The second-order valence-corrected chi connectivity index (χ2v) is 5.79. The van der Waals surface area contributed by atoms with Crippen LogP contribution in [0.15, 0.2) is 72.4 Å². The summed E-state index contributed by atoms with van der Waals surface area (Å²) in [5, 5.41) is 20.9. The molecule has 2 N–H and O–H groups in total.